The Morgan fingerprint density at radius 1 is 1.14 bits per heavy atom. The van der Waals surface area contributed by atoms with Crippen LogP contribution in [0.3, 0.4) is 0 Å². The van der Waals surface area contributed by atoms with Crippen LogP contribution in [-0.4, -0.2) is 79.7 Å². The lowest BCUT2D eigenvalue weighted by atomic mass is 10.0. The van der Waals surface area contributed by atoms with Gasteiger partial charge in [0, 0.05) is 11.5 Å². The van der Waals surface area contributed by atoms with Crippen LogP contribution >= 0.6 is 46.7 Å². The molecule has 0 radical (unpaired) electrons. The third kappa shape index (κ3) is 6.77. The van der Waals surface area contributed by atoms with Gasteiger partial charge in [0.1, 0.15) is 28.4 Å². The van der Waals surface area contributed by atoms with Gasteiger partial charge in [-0.2, -0.15) is 0 Å². The second-order valence-electron chi connectivity index (χ2n) is 9.12. The number of rotatable bonds is 12. The Kier molecular flexibility index (Phi) is 10.1. The summed E-state index contributed by atoms with van der Waals surface area (Å²) < 4.78 is 10.9. The standard InChI is InChI=1S/C28H24ClN5O6S3/c1-39-32-21(19(35)12-29)25(36)31-22-26(37)34-23(18(15-42-27(22)34)14-41-20-13-30-33-43-20)28(38)40-24(16-8-4-2-5-9-16)17-10-6-3-7-11-17/h2-11,13,22,24,27H,12,14-15H2,1H3,(H,31,36)/b32-21-/t22?,27-/m1/s1. The summed E-state index contributed by atoms with van der Waals surface area (Å²) >= 11 is 9.67. The van der Waals surface area contributed by atoms with Crippen LogP contribution in [0.1, 0.15) is 17.2 Å². The average molecular weight is 658 g/mol. The summed E-state index contributed by atoms with van der Waals surface area (Å²) in [7, 11) is 1.19. The van der Waals surface area contributed by atoms with E-state index in [1.54, 1.807) is 6.20 Å². The molecule has 0 bridgehead atoms. The number of amides is 2. The number of nitrogens with zero attached hydrogens (tertiary/aromatic N) is 4. The highest BCUT2D eigenvalue weighted by molar-refractivity contribution is 8.01. The highest BCUT2D eigenvalue weighted by Crippen LogP contribution is 2.43. The van der Waals surface area contributed by atoms with Crippen molar-refractivity contribution < 1.29 is 28.8 Å². The maximum absolute atomic E-state index is 14.0. The zero-order chi connectivity index (χ0) is 30.3. The molecular weight excluding hydrogens is 634 g/mol. The van der Waals surface area contributed by atoms with Gasteiger partial charge < -0.3 is 14.9 Å². The molecule has 11 nitrogen and oxygen atoms in total. The lowest BCUT2D eigenvalue weighted by Crippen LogP contribution is -2.71. The molecular formula is C28H24ClN5O6S3. The van der Waals surface area contributed by atoms with E-state index in [9.17, 15) is 19.2 Å². The number of β-lactam (4-membered cyclic amide) rings is 1. The van der Waals surface area contributed by atoms with E-state index in [1.807, 2.05) is 60.7 Å². The second kappa shape index (κ2) is 14.2. The molecule has 1 fully saturated rings. The first-order valence-electron chi connectivity index (χ1n) is 12.8. The number of carbonyl (C=O) groups is 4. The van der Waals surface area contributed by atoms with Crippen LogP contribution < -0.4 is 5.32 Å². The normalized spacial score (nSPS) is 18.2. The average Bonchev–Trinajstić information content (AvgIpc) is 3.57. The minimum atomic E-state index is -1.01. The number of nitrogens with one attached hydrogen (secondary N) is 1. The van der Waals surface area contributed by atoms with Gasteiger partial charge in [-0.05, 0) is 28.2 Å². The highest BCUT2D eigenvalue weighted by Gasteiger charge is 2.55. The molecule has 3 heterocycles. The molecule has 0 spiro atoms. The maximum atomic E-state index is 14.0. The second-order valence-corrected chi connectivity index (χ2v) is 12.6. The molecule has 1 unspecified atom stereocenters. The van der Waals surface area contributed by atoms with E-state index in [0.29, 0.717) is 17.1 Å². The molecule has 15 heteroatoms. The van der Waals surface area contributed by atoms with E-state index in [2.05, 4.69) is 24.9 Å². The Morgan fingerprint density at radius 2 is 1.81 bits per heavy atom. The van der Waals surface area contributed by atoms with Gasteiger partial charge in [-0.15, -0.1) is 40.2 Å². The molecule has 5 rings (SSSR count). The van der Waals surface area contributed by atoms with Gasteiger partial charge in [-0.25, -0.2) is 4.79 Å². The molecule has 43 heavy (non-hydrogen) atoms. The van der Waals surface area contributed by atoms with Crippen molar-refractivity contribution >= 4 is 75.9 Å². The number of ether oxygens (including phenoxy) is 1. The molecule has 2 aliphatic rings. The fraction of sp³-hybridized carbons (Fsp3) is 0.250. The van der Waals surface area contributed by atoms with Crippen molar-refractivity contribution in [3.63, 3.8) is 0 Å². The topological polar surface area (TPSA) is 140 Å². The van der Waals surface area contributed by atoms with Gasteiger partial charge in [0.05, 0.1) is 12.1 Å². The van der Waals surface area contributed by atoms with Crippen LogP contribution in [-0.2, 0) is 28.8 Å². The van der Waals surface area contributed by atoms with Crippen molar-refractivity contribution in [2.75, 3.05) is 24.5 Å². The smallest absolute Gasteiger partial charge is 0.356 e. The van der Waals surface area contributed by atoms with E-state index in [1.165, 1.54) is 47.1 Å². The molecule has 1 saturated heterocycles. The fourth-order valence-electron chi connectivity index (χ4n) is 4.49. The minimum absolute atomic E-state index is 0.128. The molecule has 2 aliphatic heterocycles. The van der Waals surface area contributed by atoms with Crippen molar-refractivity contribution in [3.8, 4) is 0 Å². The molecule has 0 aliphatic carbocycles. The van der Waals surface area contributed by atoms with Crippen LogP contribution in [0.4, 0.5) is 0 Å². The number of oxime groups is 1. The van der Waals surface area contributed by atoms with Gasteiger partial charge in [-0.3, -0.25) is 19.3 Å². The number of benzene rings is 2. The number of aromatic nitrogens is 2. The fourth-order valence-corrected chi connectivity index (χ4v) is 7.53. The Hall–Kier alpha value is -3.72. The van der Waals surface area contributed by atoms with E-state index in [-0.39, 0.29) is 5.70 Å². The summed E-state index contributed by atoms with van der Waals surface area (Å²) in [6.07, 6.45) is 0.908. The van der Waals surface area contributed by atoms with Crippen molar-refractivity contribution in [2.45, 2.75) is 21.7 Å². The minimum Gasteiger partial charge on any atom is -0.448 e. The number of hydrogen-bond donors (Lipinski definition) is 1. The van der Waals surface area contributed by atoms with E-state index < -0.39 is 52.7 Å². The van der Waals surface area contributed by atoms with Crippen molar-refractivity contribution in [1.29, 1.82) is 0 Å². The highest BCUT2D eigenvalue weighted by atomic mass is 35.5. The van der Waals surface area contributed by atoms with E-state index in [4.69, 9.17) is 16.3 Å². The Bertz CT molecular complexity index is 1520. The van der Waals surface area contributed by atoms with Gasteiger partial charge in [0.2, 0.25) is 11.5 Å². The van der Waals surface area contributed by atoms with E-state index in [0.717, 1.165) is 15.3 Å². The van der Waals surface area contributed by atoms with Crippen LogP contribution in [0.25, 0.3) is 0 Å². The largest absolute Gasteiger partial charge is 0.448 e. The molecule has 222 valence electrons. The summed E-state index contributed by atoms with van der Waals surface area (Å²) in [6.45, 7) is 0. The van der Waals surface area contributed by atoms with Gasteiger partial charge in [0.25, 0.3) is 11.8 Å². The quantitative estimate of drug-likeness (QED) is 0.0586. The predicted molar refractivity (Wildman–Crippen MR) is 164 cm³/mol. The number of hydrogen-bond acceptors (Lipinski definition) is 12. The number of Topliss-reactive ketones (excluding diaryl/α,β-unsaturated/α-hetero) is 1. The zero-order valence-corrected chi connectivity index (χ0v) is 25.8. The lowest BCUT2D eigenvalue weighted by molar-refractivity contribution is -0.154. The zero-order valence-electron chi connectivity index (χ0n) is 22.5. The summed E-state index contributed by atoms with van der Waals surface area (Å²) in [4.78, 5) is 58.4. The molecule has 3 aromatic rings. The molecule has 1 N–H and O–H groups in total. The van der Waals surface area contributed by atoms with Crippen LogP contribution in [0.5, 0.6) is 0 Å². The SMILES string of the molecule is CO/N=C(/C(=O)CCl)C(=O)NC1C(=O)N2C(C(=O)OC(c3ccccc3)c3ccccc3)=C(CSc3cnns3)CS[C@H]12. The number of fused-ring (bicyclic) bond motifs is 1. The summed E-state index contributed by atoms with van der Waals surface area (Å²) in [5.74, 6) is -2.54. The molecule has 2 aromatic carbocycles. The van der Waals surface area contributed by atoms with Crippen molar-refractivity contribution in [2.24, 2.45) is 5.16 Å². The first-order chi connectivity index (χ1) is 20.9. The first-order valence-corrected chi connectivity index (χ1v) is 16.2. The Morgan fingerprint density at radius 3 is 2.40 bits per heavy atom. The monoisotopic (exact) mass is 657 g/mol. The van der Waals surface area contributed by atoms with Crippen LogP contribution in [0.2, 0.25) is 0 Å². The number of carbonyl (C=O) groups excluding carboxylic acids is 4. The van der Waals surface area contributed by atoms with Crippen molar-refractivity contribution in [3.05, 3.63) is 89.3 Å². The maximum Gasteiger partial charge on any atom is 0.356 e. The Balaban J connectivity index is 1.43. The summed E-state index contributed by atoms with van der Waals surface area (Å²) in [6, 6.07) is 17.7. The van der Waals surface area contributed by atoms with Gasteiger partial charge in [0.15, 0.2) is 6.10 Å². The number of halogens is 1. The molecule has 0 saturated carbocycles. The van der Waals surface area contributed by atoms with Gasteiger partial charge >= 0.3 is 5.97 Å². The lowest BCUT2D eigenvalue weighted by Gasteiger charge is -2.49. The third-order valence-electron chi connectivity index (χ3n) is 6.47. The number of esters is 1. The van der Waals surface area contributed by atoms with Crippen molar-refractivity contribution in [1.82, 2.24) is 19.8 Å². The first kappa shape index (κ1) is 30.7. The van der Waals surface area contributed by atoms with Gasteiger partial charge in [-0.1, -0.05) is 70.3 Å². The number of thioether (sulfide) groups is 2. The summed E-state index contributed by atoms with van der Waals surface area (Å²) in [5, 5.41) is 9.27. The third-order valence-corrected chi connectivity index (χ3v) is 9.97. The molecule has 2 amide bonds. The Labute approximate surface area is 264 Å². The van der Waals surface area contributed by atoms with E-state index >= 15 is 0 Å². The number of ketones is 1. The molecule has 1 aromatic heterocycles. The predicted octanol–water partition coefficient (Wildman–Crippen LogP) is 3.43. The van der Waals surface area contributed by atoms with Crippen LogP contribution in [0.15, 0.2) is 87.5 Å². The number of alkyl halides is 1. The van der Waals surface area contributed by atoms with Crippen LogP contribution in [0, 0.1) is 0 Å². The molecule has 2 atom stereocenters. The summed E-state index contributed by atoms with van der Waals surface area (Å²) in [5.41, 5.74) is 1.81.